The van der Waals surface area contributed by atoms with Gasteiger partial charge < -0.3 is 9.80 Å². The summed E-state index contributed by atoms with van der Waals surface area (Å²) in [6.45, 7) is 14.5. The standard InChI is InChI=1S/C46H44N2Si2/c1-49(2,3)39-25-21-37(22-26-39)47(35-13-9-7-10-14-35)43-31-19-33-18-30-42-44(32-20-34-17-29-41(43)45(33)46(34)42)48(36-15-11-8-12-16-36)38-23-27-40(28-24-38)50(4,5)6/h7-32H,1-6H3. The van der Waals surface area contributed by atoms with Crippen molar-refractivity contribution in [2.75, 3.05) is 9.80 Å². The summed E-state index contributed by atoms with van der Waals surface area (Å²) in [5.74, 6) is 0. The van der Waals surface area contributed by atoms with Gasteiger partial charge in [-0.3, -0.25) is 0 Å². The monoisotopic (exact) mass is 680 g/mol. The summed E-state index contributed by atoms with van der Waals surface area (Å²) in [6.07, 6.45) is 0. The summed E-state index contributed by atoms with van der Waals surface area (Å²) >= 11 is 0. The van der Waals surface area contributed by atoms with Crippen LogP contribution in [0.2, 0.25) is 39.3 Å². The molecule has 0 aliphatic heterocycles. The Morgan fingerprint density at radius 3 is 0.980 bits per heavy atom. The minimum absolute atomic E-state index is 1.15. The average molecular weight is 681 g/mol. The predicted octanol–water partition coefficient (Wildman–Crippen LogP) is 12.6. The second kappa shape index (κ2) is 12.3. The van der Waals surface area contributed by atoms with E-state index in [1.165, 1.54) is 65.4 Å². The number of rotatable bonds is 8. The van der Waals surface area contributed by atoms with E-state index in [1.807, 2.05) is 0 Å². The molecule has 0 N–H and O–H groups in total. The molecule has 0 unspecified atom stereocenters. The van der Waals surface area contributed by atoms with E-state index in [0.29, 0.717) is 0 Å². The number of anilines is 6. The molecule has 50 heavy (non-hydrogen) atoms. The third kappa shape index (κ3) is 5.68. The van der Waals surface area contributed by atoms with Gasteiger partial charge >= 0.3 is 0 Å². The molecule has 4 heteroatoms. The van der Waals surface area contributed by atoms with Crippen LogP contribution in [0, 0.1) is 0 Å². The molecule has 2 nitrogen and oxygen atoms in total. The number of nitrogens with zero attached hydrogens (tertiary/aromatic N) is 2. The van der Waals surface area contributed by atoms with Crippen molar-refractivity contribution in [3.05, 3.63) is 158 Å². The summed E-state index contributed by atoms with van der Waals surface area (Å²) in [6, 6.07) is 58.7. The fourth-order valence-corrected chi connectivity index (χ4v) is 9.72. The first kappa shape index (κ1) is 32.1. The van der Waals surface area contributed by atoms with Crippen LogP contribution in [0.1, 0.15) is 0 Å². The van der Waals surface area contributed by atoms with Crippen LogP contribution in [0.15, 0.2) is 158 Å². The van der Waals surface area contributed by atoms with Gasteiger partial charge in [0.1, 0.15) is 0 Å². The zero-order valence-electron chi connectivity index (χ0n) is 29.9. The van der Waals surface area contributed by atoms with E-state index in [2.05, 4.69) is 207 Å². The Bertz CT molecular complexity index is 2250. The van der Waals surface area contributed by atoms with Gasteiger partial charge in [-0.25, -0.2) is 0 Å². The molecule has 8 rings (SSSR count). The molecule has 246 valence electrons. The van der Waals surface area contributed by atoms with Crippen LogP contribution in [0.4, 0.5) is 34.1 Å². The van der Waals surface area contributed by atoms with Crippen LogP contribution in [0.3, 0.4) is 0 Å². The zero-order valence-corrected chi connectivity index (χ0v) is 31.9. The maximum absolute atomic E-state index is 2.43. The fraction of sp³-hybridized carbons (Fsp3) is 0.130. The Morgan fingerprint density at radius 1 is 0.320 bits per heavy atom. The maximum Gasteiger partial charge on any atom is 0.0775 e. The lowest BCUT2D eigenvalue weighted by Crippen LogP contribution is -2.37. The summed E-state index contributed by atoms with van der Waals surface area (Å²) < 4.78 is 0. The molecule has 0 amide bonds. The van der Waals surface area contributed by atoms with Crippen LogP contribution in [0.25, 0.3) is 32.3 Å². The largest absolute Gasteiger partial charge is 0.310 e. The topological polar surface area (TPSA) is 6.48 Å². The van der Waals surface area contributed by atoms with Gasteiger partial charge in [-0.2, -0.15) is 0 Å². The molecular formula is C46H44N2Si2. The number of para-hydroxylation sites is 2. The normalized spacial score (nSPS) is 12.2. The summed E-state index contributed by atoms with van der Waals surface area (Å²) in [5.41, 5.74) is 7.02. The Kier molecular flexibility index (Phi) is 7.89. The highest BCUT2D eigenvalue weighted by atomic mass is 28.3. The highest BCUT2D eigenvalue weighted by molar-refractivity contribution is 6.89. The van der Waals surface area contributed by atoms with Crippen molar-refractivity contribution in [3.63, 3.8) is 0 Å². The van der Waals surface area contributed by atoms with Gasteiger partial charge in [0.05, 0.1) is 27.5 Å². The molecule has 0 heterocycles. The third-order valence-electron chi connectivity index (χ3n) is 10.1. The molecular weight excluding hydrogens is 637 g/mol. The second-order valence-corrected chi connectivity index (χ2v) is 25.7. The molecule has 0 bridgehead atoms. The van der Waals surface area contributed by atoms with E-state index in [9.17, 15) is 0 Å². The number of benzene rings is 8. The molecule has 0 spiro atoms. The Balaban J connectivity index is 1.36. The molecule has 0 saturated carbocycles. The molecule has 0 atom stereocenters. The van der Waals surface area contributed by atoms with E-state index < -0.39 is 16.1 Å². The lowest BCUT2D eigenvalue weighted by atomic mass is 9.91. The van der Waals surface area contributed by atoms with Gasteiger partial charge in [0, 0.05) is 33.5 Å². The van der Waals surface area contributed by atoms with Crippen LogP contribution in [-0.4, -0.2) is 16.1 Å². The molecule has 8 aromatic carbocycles. The lowest BCUT2D eigenvalue weighted by molar-refractivity contribution is 1.30. The quantitative estimate of drug-likeness (QED) is 0.116. The minimum Gasteiger partial charge on any atom is -0.310 e. The van der Waals surface area contributed by atoms with E-state index in [-0.39, 0.29) is 0 Å². The van der Waals surface area contributed by atoms with Gasteiger partial charge in [-0.05, 0) is 82.2 Å². The molecule has 0 radical (unpaired) electrons. The minimum atomic E-state index is -1.43. The van der Waals surface area contributed by atoms with E-state index in [4.69, 9.17) is 0 Å². The average Bonchev–Trinajstić information content (AvgIpc) is 3.12. The second-order valence-electron chi connectivity index (χ2n) is 15.5. The zero-order chi connectivity index (χ0) is 34.6. The first-order valence-electron chi connectivity index (χ1n) is 17.7. The maximum atomic E-state index is 2.43. The highest BCUT2D eigenvalue weighted by Crippen LogP contribution is 2.47. The first-order valence-corrected chi connectivity index (χ1v) is 24.7. The summed E-state index contributed by atoms with van der Waals surface area (Å²) in [7, 11) is -2.87. The van der Waals surface area contributed by atoms with Gasteiger partial charge in [0.15, 0.2) is 0 Å². The highest BCUT2D eigenvalue weighted by Gasteiger charge is 2.23. The van der Waals surface area contributed by atoms with Crippen LogP contribution in [-0.2, 0) is 0 Å². The van der Waals surface area contributed by atoms with Gasteiger partial charge in [-0.1, -0.05) is 147 Å². The van der Waals surface area contributed by atoms with Crippen LogP contribution < -0.4 is 20.2 Å². The molecule has 8 aromatic rings. The lowest BCUT2D eigenvalue weighted by Gasteiger charge is -2.30. The number of hydrogen-bond donors (Lipinski definition) is 0. The van der Waals surface area contributed by atoms with Crippen molar-refractivity contribution in [2.24, 2.45) is 0 Å². The smallest absolute Gasteiger partial charge is 0.0775 e. The van der Waals surface area contributed by atoms with Crippen molar-refractivity contribution in [2.45, 2.75) is 39.3 Å². The third-order valence-corrected chi connectivity index (χ3v) is 14.2. The van der Waals surface area contributed by atoms with Crippen molar-refractivity contribution in [1.82, 2.24) is 0 Å². The van der Waals surface area contributed by atoms with Crippen LogP contribution >= 0.6 is 0 Å². The van der Waals surface area contributed by atoms with Crippen molar-refractivity contribution in [3.8, 4) is 0 Å². The molecule has 0 aliphatic rings. The van der Waals surface area contributed by atoms with Crippen molar-refractivity contribution >= 4 is 93.0 Å². The summed E-state index contributed by atoms with van der Waals surface area (Å²) in [4.78, 5) is 4.86. The Labute approximate surface area is 298 Å². The molecule has 0 saturated heterocycles. The van der Waals surface area contributed by atoms with E-state index >= 15 is 0 Å². The fourth-order valence-electron chi connectivity index (χ4n) is 7.39. The molecule has 0 aliphatic carbocycles. The van der Waals surface area contributed by atoms with E-state index in [1.54, 1.807) is 0 Å². The Hall–Kier alpha value is -5.17. The van der Waals surface area contributed by atoms with E-state index in [0.717, 1.165) is 11.4 Å². The van der Waals surface area contributed by atoms with Gasteiger partial charge in [-0.15, -0.1) is 0 Å². The summed E-state index contributed by atoms with van der Waals surface area (Å²) in [5, 5.41) is 10.6. The van der Waals surface area contributed by atoms with Gasteiger partial charge in [0.2, 0.25) is 0 Å². The first-order chi connectivity index (χ1) is 24.1. The molecule has 0 fully saturated rings. The number of hydrogen-bond acceptors (Lipinski definition) is 2. The van der Waals surface area contributed by atoms with Crippen LogP contribution in [0.5, 0.6) is 0 Å². The predicted molar refractivity (Wildman–Crippen MR) is 225 cm³/mol. The Morgan fingerprint density at radius 2 is 0.640 bits per heavy atom. The van der Waals surface area contributed by atoms with Crippen molar-refractivity contribution < 1.29 is 0 Å². The van der Waals surface area contributed by atoms with Gasteiger partial charge in [0.25, 0.3) is 0 Å². The van der Waals surface area contributed by atoms with Crippen molar-refractivity contribution in [1.29, 1.82) is 0 Å². The molecule has 0 aromatic heterocycles. The SMILES string of the molecule is C[Si](C)(C)c1ccc(N(c2ccccc2)c2ccc3ccc4c(N(c5ccccc5)c5ccc([Si](C)(C)C)cc5)ccc5ccc2c3c54)cc1.